The molecule has 0 spiro atoms. The second-order valence-electron chi connectivity index (χ2n) is 4.01. The van der Waals surface area contributed by atoms with Crippen molar-refractivity contribution in [1.29, 1.82) is 0 Å². The summed E-state index contributed by atoms with van der Waals surface area (Å²) in [5.74, 6) is -0.0982. The van der Waals surface area contributed by atoms with Crippen LogP contribution in [0.2, 0.25) is 0 Å². The Kier molecular flexibility index (Phi) is 5.65. The summed E-state index contributed by atoms with van der Waals surface area (Å²) in [6.07, 6.45) is 3.15. The molecule has 4 heteroatoms. The number of esters is 1. The van der Waals surface area contributed by atoms with E-state index in [1.807, 2.05) is 6.92 Å². The molecule has 0 bridgehead atoms. The Morgan fingerprint density at radius 2 is 2.33 bits per heavy atom. The topological polar surface area (TPSA) is 49.8 Å². The quantitative estimate of drug-likeness (QED) is 0.525. The zero-order valence-electron chi connectivity index (χ0n) is 9.45. The molecule has 1 aliphatic heterocycles. The van der Waals surface area contributed by atoms with Crippen molar-refractivity contribution in [2.75, 3.05) is 26.2 Å². The summed E-state index contributed by atoms with van der Waals surface area (Å²) in [7, 11) is 0. The molecule has 0 aromatic carbocycles. The number of likely N-dealkylation sites (tertiary alicyclic amines) is 1. The van der Waals surface area contributed by atoms with Crippen molar-refractivity contribution >= 4 is 5.97 Å². The highest BCUT2D eigenvalue weighted by molar-refractivity contribution is 5.69. The van der Waals surface area contributed by atoms with Crippen LogP contribution in [0, 0.1) is 0 Å². The first-order chi connectivity index (χ1) is 7.22. The number of rotatable bonds is 6. The molecule has 1 saturated heterocycles. The third kappa shape index (κ3) is 5.14. The summed E-state index contributed by atoms with van der Waals surface area (Å²) in [6.45, 7) is 5.05. The fourth-order valence-electron chi connectivity index (χ4n) is 1.85. The lowest BCUT2D eigenvalue weighted by molar-refractivity contribution is -0.143. The van der Waals surface area contributed by atoms with Crippen molar-refractivity contribution in [2.45, 2.75) is 38.7 Å². The van der Waals surface area contributed by atoms with Crippen molar-refractivity contribution in [3.8, 4) is 0 Å². The van der Waals surface area contributed by atoms with Gasteiger partial charge in [-0.1, -0.05) is 0 Å². The van der Waals surface area contributed by atoms with E-state index in [0.29, 0.717) is 13.0 Å². The molecule has 4 nitrogen and oxygen atoms in total. The van der Waals surface area contributed by atoms with Crippen molar-refractivity contribution < 1.29 is 14.6 Å². The zero-order chi connectivity index (χ0) is 11.1. The van der Waals surface area contributed by atoms with Gasteiger partial charge in [0, 0.05) is 19.5 Å². The van der Waals surface area contributed by atoms with Crippen LogP contribution in [0.3, 0.4) is 0 Å². The number of aliphatic hydroxyl groups is 1. The molecule has 0 amide bonds. The number of hydrogen-bond donors (Lipinski definition) is 1. The Hall–Kier alpha value is -0.610. The molecule has 1 rings (SSSR count). The van der Waals surface area contributed by atoms with Crippen LogP contribution in [-0.4, -0.2) is 48.3 Å². The number of carbonyl (C=O) groups is 1. The number of nitrogens with zero attached hydrogens (tertiary/aromatic N) is 1. The van der Waals surface area contributed by atoms with Gasteiger partial charge in [0.15, 0.2) is 0 Å². The number of β-amino-alcohol motifs (C(OH)–C–C–N with tert-alkyl or cyclic N) is 1. The maximum absolute atomic E-state index is 11.0. The maximum Gasteiger partial charge on any atom is 0.305 e. The average molecular weight is 215 g/mol. The number of carbonyl (C=O) groups excluding carboxylic acids is 1. The van der Waals surface area contributed by atoms with E-state index in [1.165, 1.54) is 0 Å². The Morgan fingerprint density at radius 1 is 1.53 bits per heavy atom. The molecule has 15 heavy (non-hydrogen) atoms. The number of ether oxygens (including phenoxy) is 1. The highest BCUT2D eigenvalue weighted by atomic mass is 16.5. The molecular formula is C11H21NO3. The molecule has 0 aliphatic carbocycles. The van der Waals surface area contributed by atoms with Gasteiger partial charge in [-0.25, -0.2) is 0 Å². The Labute approximate surface area is 91.2 Å². The number of unbranched alkanes of at least 4 members (excludes halogenated alkanes) is 1. The maximum atomic E-state index is 11.0. The highest BCUT2D eigenvalue weighted by Crippen LogP contribution is 2.10. The lowest BCUT2D eigenvalue weighted by atomic mass is 10.2. The van der Waals surface area contributed by atoms with Gasteiger partial charge in [-0.3, -0.25) is 4.79 Å². The molecule has 0 aromatic heterocycles. The molecule has 0 radical (unpaired) electrons. The first-order valence-corrected chi connectivity index (χ1v) is 5.78. The number of aliphatic hydroxyl groups excluding tert-OH is 1. The standard InChI is InChI=1S/C11H21NO3/c1-2-15-11(14)5-3-4-7-12-8-6-10(13)9-12/h10,13H,2-9H2,1H3/t10-/m0/s1. The van der Waals surface area contributed by atoms with Gasteiger partial charge in [0.1, 0.15) is 0 Å². The van der Waals surface area contributed by atoms with E-state index >= 15 is 0 Å². The third-order valence-electron chi connectivity index (χ3n) is 2.66. The molecular weight excluding hydrogens is 194 g/mol. The molecule has 88 valence electrons. The molecule has 1 fully saturated rings. The summed E-state index contributed by atoms with van der Waals surface area (Å²) in [4.78, 5) is 13.3. The monoisotopic (exact) mass is 215 g/mol. The molecule has 0 aromatic rings. The minimum absolute atomic E-state index is 0.0982. The summed E-state index contributed by atoms with van der Waals surface area (Å²) >= 11 is 0. The van der Waals surface area contributed by atoms with Crippen molar-refractivity contribution in [3.05, 3.63) is 0 Å². The number of hydrogen-bond acceptors (Lipinski definition) is 4. The van der Waals surface area contributed by atoms with Gasteiger partial charge in [0.25, 0.3) is 0 Å². The lowest BCUT2D eigenvalue weighted by Gasteiger charge is -2.13. The molecule has 1 N–H and O–H groups in total. The fraction of sp³-hybridized carbons (Fsp3) is 0.909. The molecule has 0 unspecified atom stereocenters. The van der Waals surface area contributed by atoms with Gasteiger partial charge in [0.2, 0.25) is 0 Å². The van der Waals surface area contributed by atoms with Crippen LogP contribution in [0.1, 0.15) is 32.6 Å². The molecule has 0 saturated carbocycles. The van der Waals surface area contributed by atoms with Crippen LogP contribution in [0.4, 0.5) is 0 Å². The smallest absolute Gasteiger partial charge is 0.305 e. The van der Waals surface area contributed by atoms with Crippen LogP contribution in [0.15, 0.2) is 0 Å². The Bertz CT molecular complexity index is 196. The first kappa shape index (κ1) is 12.5. The zero-order valence-corrected chi connectivity index (χ0v) is 9.45. The van der Waals surface area contributed by atoms with Crippen LogP contribution in [0.5, 0.6) is 0 Å². The van der Waals surface area contributed by atoms with Crippen LogP contribution >= 0.6 is 0 Å². The normalized spacial score (nSPS) is 21.9. The van der Waals surface area contributed by atoms with E-state index in [4.69, 9.17) is 4.74 Å². The predicted molar refractivity (Wildman–Crippen MR) is 57.5 cm³/mol. The first-order valence-electron chi connectivity index (χ1n) is 5.78. The van der Waals surface area contributed by atoms with Crippen molar-refractivity contribution in [2.24, 2.45) is 0 Å². The van der Waals surface area contributed by atoms with E-state index in [1.54, 1.807) is 0 Å². The van der Waals surface area contributed by atoms with E-state index in [-0.39, 0.29) is 12.1 Å². The lowest BCUT2D eigenvalue weighted by Crippen LogP contribution is -2.23. The van der Waals surface area contributed by atoms with Crippen molar-refractivity contribution in [1.82, 2.24) is 4.90 Å². The van der Waals surface area contributed by atoms with Gasteiger partial charge in [-0.2, -0.15) is 0 Å². The van der Waals surface area contributed by atoms with E-state index in [2.05, 4.69) is 4.90 Å². The van der Waals surface area contributed by atoms with Gasteiger partial charge in [0.05, 0.1) is 12.7 Å². The molecule has 1 heterocycles. The van der Waals surface area contributed by atoms with Crippen LogP contribution in [0.25, 0.3) is 0 Å². The predicted octanol–water partition coefficient (Wildman–Crippen LogP) is 0.786. The van der Waals surface area contributed by atoms with Crippen molar-refractivity contribution in [3.63, 3.8) is 0 Å². The van der Waals surface area contributed by atoms with E-state index in [9.17, 15) is 9.90 Å². The van der Waals surface area contributed by atoms with Gasteiger partial charge >= 0.3 is 5.97 Å². The molecule has 1 aliphatic rings. The molecule has 1 atom stereocenters. The second-order valence-corrected chi connectivity index (χ2v) is 4.01. The highest BCUT2D eigenvalue weighted by Gasteiger charge is 2.19. The Balaban J connectivity index is 1.95. The van der Waals surface area contributed by atoms with Gasteiger partial charge < -0.3 is 14.7 Å². The summed E-state index contributed by atoms with van der Waals surface area (Å²) < 4.78 is 4.84. The Morgan fingerprint density at radius 3 is 2.93 bits per heavy atom. The van der Waals surface area contributed by atoms with Gasteiger partial charge in [-0.15, -0.1) is 0 Å². The largest absolute Gasteiger partial charge is 0.466 e. The minimum atomic E-state index is -0.143. The second kappa shape index (κ2) is 6.80. The van der Waals surface area contributed by atoms with E-state index in [0.717, 1.165) is 38.9 Å². The third-order valence-corrected chi connectivity index (χ3v) is 2.66. The minimum Gasteiger partial charge on any atom is -0.466 e. The summed E-state index contributed by atoms with van der Waals surface area (Å²) in [5, 5.41) is 9.30. The SMILES string of the molecule is CCOC(=O)CCCCN1CC[C@H](O)C1. The average Bonchev–Trinajstić information content (AvgIpc) is 2.60. The summed E-state index contributed by atoms with van der Waals surface area (Å²) in [6, 6.07) is 0. The summed E-state index contributed by atoms with van der Waals surface area (Å²) in [5.41, 5.74) is 0. The van der Waals surface area contributed by atoms with Gasteiger partial charge in [-0.05, 0) is 32.7 Å². The van der Waals surface area contributed by atoms with Crippen LogP contribution < -0.4 is 0 Å². The fourth-order valence-corrected chi connectivity index (χ4v) is 1.85. The van der Waals surface area contributed by atoms with Crippen LogP contribution in [-0.2, 0) is 9.53 Å². The van der Waals surface area contributed by atoms with E-state index < -0.39 is 0 Å².